The zero-order chi connectivity index (χ0) is 14.7. The molecule has 108 valence electrons. The van der Waals surface area contributed by atoms with Crippen molar-refractivity contribution in [2.45, 2.75) is 6.04 Å². The van der Waals surface area contributed by atoms with Crippen LogP contribution in [0, 0.1) is 0 Å². The maximum absolute atomic E-state index is 12.0. The summed E-state index contributed by atoms with van der Waals surface area (Å²) in [5.41, 5.74) is 2.63. The third-order valence-electron chi connectivity index (χ3n) is 3.29. The molecule has 2 amide bonds. The summed E-state index contributed by atoms with van der Waals surface area (Å²) in [5, 5.41) is 15.1. The Morgan fingerprint density at radius 2 is 2.05 bits per heavy atom. The smallest absolute Gasteiger partial charge is 0.243 e. The second kappa shape index (κ2) is 5.76. The highest BCUT2D eigenvalue weighted by Crippen LogP contribution is 2.18. The average Bonchev–Trinajstić information content (AvgIpc) is 3.03. The van der Waals surface area contributed by atoms with Gasteiger partial charge in [-0.1, -0.05) is 12.1 Å². The summed E-state index contributed by atoms with van der Waals surface area (Å²) in [6, 6.07) is 8.93. The SMILES string of the molecule is O=C1CNC(C(=O)Nc2ccc(-c3ccn[nH]3)cc2)CN1. The summed E-state index contributed by atoms with van der Waals surface area (Å²) in [6.45, 7) is 0.466. The molecule has 3 rings (SSSR count). The van der Waals surface area contributed by atoms with E-state index in [-0.39, 0.29) is 18.4 Å². The zero-order valence-electron chi connectivity index (χ0n) is 11.2. The molecule has 1 unspecified atom stereocenters. The molecule has 0 spiro atoms. The van der Waals surface area contributed by atoms with Crippen molar-refractivity contribution >= 4 is 17.5 Å². The topological polar surface area (TPSA) is 98.9 Å². The Morgan fingerprint density at radius 3 is 2.67 bits per heavy atom. The number of aromatic amines is 1. The number of nitrogens with one attached hydrogen (secondary N) is 4. The molecule has 1 aliphatic heterocycles. The molecule has 1 aliphatic rings. The molecule has 1 fully saturated rings. The van der Waals surface area contributed by atoms with Gasteiger partial charge in [0.25, 0.3) is 0 Å². The molecule has 0 aliphatic carbocycles. The lowest BCUT2D eigenvalue weighted by atomic mass is 10.1. The van der Waals surface area contributed by atoms with Crippen molar-refractivity contribution in [3.8, 4) is 11.3 Å². The number of carbonyl (C=O) groups is 2. The fourth-order valence-electron chi connectivity index (χ4n) is 2.13. The second-order valence-electron chi connectivity index (χ2n) is 4.77. The van der Waals surface area contributed by atoms with Crippen LogP contribution in [0.5, 0.6) is 0 Å². The van der Waals surface area contributed by atoms with Crippen molar-refractivity contribution in [2.75, 3.05) is 18.4 Å². The van der Waals surface area contributed by atoms with Gasteiger partial charge in [0.2, 0.25) is 11.8 Å². The van der Waals surface area contributed by atoms with Crippen LogP contribution in [0.15, 0.2) is 36.5 Å². The lowest BCUT2D eigenvalue weighted by Gasteiger charge is -2.23. The third kappa shape index (κ3) is 3.09. The van der Waals surface area contributed by atoms with Gasteiger partial charge in [-0.3, -0.25) is 20.0 Å². The molecule has 0 saturated carbocycles. The molecule has 0 radical (unpaired) electrons. The number of benzene rings is 1. The summed E-state index contributed by atoms with van der Waals surface area (Å²) in [6.07, 6.45) is 1.69. The number of nitrogens with zero attached hydrogens (tertiary/aromatic N) is 1. The van der Waals surface area contributed by atoms with Crippen LogP contribution in [0.1, 0.15) is 0 Å². The first-order valence-corrected chi connectivity index (χ1v) is 6.63. The minimum absolute atomic E-state index is 0.0945. The lowest BCUT2D eigenvalue weighted by Crippen LogP contribution is -2.56. The van der Waals surface area contributed by atoms with Crippen LogP contribution in [-0.2, 0) is 9.59 Å². The van der Waals surface area contributed by atoms with E-state index in [0.717, 1.165) is 11.3 Å². The minimum Gasteiger partial charge on any atom is -0.353 e. The Morgan fingerprint density at radius 1 is 1.24 bits per heavy atom. The molecular weight excluding hydrogens is 270 g/mol. The molecule has 21 heavy (non-hydrogen) atoms. The van der Waals surface area contributed by atoms with Gasteiger partial charge in [0, 0.05) is 18.4 Å². The summed E-state index contributed by atoms with van der Waals surface area (Å²) >= 11 is 0. The number of amides is 2. The van der Waals surface area contributed by atoms with E-state index in [9.17, 15) is 9.59 Å². The molecule has 0 bridgehead atoms. The van der Waals surface area contributed by atoms with E-state index in [4.69, 9.17) is 0 Å². The number of hydrogen-bond donors (Lipinski definition) is 4. The van der Waals surface area contributed by atoms with Crippen molar-refractivity contribution in [1.82, 2.24) is 20.8 Å². The Kier molecular flexibility index (Phi) is 3.65. The maximum atomic E-state index is 12.0. The molecule has 1 aromatic heterocycles. The lowest BCUT2D eigenvalue weighted by molar-refractivity contribution is -0.124. The molecule has 2 aromatic rings. The minimum atomic E-state index is -0.407. The van der Waals surface area contributed by atoms with Crippen molar-refractivity contribution < 1.29 is 9.59 Å². The van der Waals surface area contributed by atoms with Gasteiger partial charge >= 0.3 is 0 Å². The van der Waals surface area contributed by atoms with Crippen molar-refractivity contribution in [3.63, 3.8) is 0 Å². The summed E-state index contributed by atoms with van der Waals surface area (Å²) in [5.74, 6) is -0.257. The predicted octanol–water partition coefficient (Wildman–Crippen LogP) is 0.103. The van der Waals surface area contributed by atoms with Gasteiger partial charge in [0.15, 0.2) is 0 Å². The van der Waals surface area contributed by atoms with Crippen LogP contribution in [0.2, 0.25) is 0 Å². The Hall–Kier alpha value is -2.67. The standard InChI is InChI=1S/C14H15N5O2/c20-13-8-15-12(7-16-13)14(21)18-10-3-1-9(2-4-10)11-5-6-17-19-11/h1-6,12,15H,7-8H2,(H,16,20)(H,17,19)(H,18,21). The van der Waals surface area contributed by atoms with E-state index in [2.05, 4.69) is 26.1 Å². The first-order valence-electron chi connectivity index (χ1n) is 6.63. The van der Waals surface area contributed by atoms with E-state index < -0.39 is 6.04 Å². The summed E-state index contributed by atoms with van der Waals surface area (Å²) in [4.78, 5) is 23.1. The van der Waals surface area contributed by atoms with Crippen LogP contribution in [-0.4, -0.2) is 41.1 Å². The van der Waals surface area contributed by atoms with E-state index >= 15 is 0 Å². The molecule has 1 aromatic carbocycles. The summed E-state index contributed by atoms with van der Waals surface area (Å²) in [7, 11) is 0. The Bertz CT molecular complexity index is 626. The highest BCUT2D eigenvalue weighted by atomic mass is 16.2. The quantitative estimate of drug-likeness (QED) is 0.643. The second-order valence-corrected chi connectivity index (χ2v) is 4.77. The fourth-order valence-corrected chi connectivity index (χ4v) is 2.13. The number of hydrogen-bond acceptors (Lipinski definition) is 4. The molecule has 4 N–H and O–H groups in total. The normalized spacial score (nSPS) is 18.1. The number of anilines is 1. The highest BCUT2D eigenvalue weighted by Gasteiger charge is 2.23. The van der Waals surface area contributed by atoms with Gasteiger partial charge < -0.3 is 10.6 Å². The monoisotopic (exact) mass is 285 g/mol. The Labute approximate surface area is 121 Å². The first-order chi connectivity index (χ1) is 10.2. The molecular formula is C14H15N5O2. The molecule has 1 atom stereocenters. The van der Waals surface area contributed by atoms with E-state index in [1.165, 1.54) is 0 Å². The van der Waals surface area contributed by atoms with Crippen LogP contribution in [0.25, 0.3) is 11.3 Å². The number of aromatic nitrogens is 2. The average molecular weight is 285 g/mol. The first kappa shape index (κ1) is 13.3. The van der Waals surface area contributed by atoms with Crippen molar-refractivity contribution in [2.24, 2.45) is 0 Å². The molecule has 7 nitrogen and oxygen atoms in total. The van der Waals surface area contributed by atoms with E-state index in [0.29, 0.717) is 12.2 Å². The third-order valence-corrected chi connectivity index (χ3v) is 3.29. The van der Waals surface area contributed by atoms with Gasteiger partial charge in [-0.25, -0.2) is 0 Å². The Balaban J connectivity index is 1.62. The number of H-pyrrole nitrogens is 1. The van der Waals surface area contributed by atoms with E-state index in [1.54, 1.807) is 6.20 Å². The van der Waals surface area contributed by atoms with Gasteiger partial charge in [-0.15, -0.1) is 0 Å². The number of rotatable bonds is 3. The van der Waals surface area contributed by atoms with Crippen molar-refractivity contribution in [3.05, 3.63) is 36.5 Å². The van der Waals surface area contributed by atoms with Gasteiger partial charge in [0.05, 0.1) is 12.2 Å². The van der Waals surface area contributed by atoms with E-state index in [1.807, 2.05) is 30.3 Å². The molecule has 7 heteroatoms. The van der Waals surface area contributed by atoms with Gasteiger partial charge in [-0.05, 0) is 23.8 Å². The van der Waals surface area contributed by atoms with Gasteiger partial charge in [-0.2, -0.15) is 5.10 Å². The van der Waals surface area contributed by atoms with Crippen LogP contribution < -0.4 is 16.0 Å². The maximum Gasteiger partial charge on any atom is 0.243 e. The van der Waals surface area contributed by atoms with Crippen LogP contribution in [0.4, 0.5) is 5.69 Å². The highest BCUT2D eigenvalue weighted by molar-refractivity contribution is 5.96. The number of carbonyl (C=O) groups excluding carboxylic acids is 2. The van der Waals surface area contributed by atoms with Crippen LogP contribution in [0.3, 0.4) is 0 Å². The van der Waals surface area contributed by atoms with Crippen molar-refractivity contribution in [1.29, 1.82) is 0 Å². The molecule has 1 saturated heterocycles. The predicted molar refractivity (Wildman–Crippen MR) is 77.5 cm³/mol. The zero-order valence-corrected chi connectivity index (χ0v) is 11.2. The largest absolute Gasteiger partial charge is 0.353 e. The van der Waals surface area contributed by atoms with Gasteiger partial charge in [0.1, 0.15) is 6.04 Å². The summed E-state index contributed by atoms with van der Waals surface area (Å²) < 4.78 is 0. The fraction of sp³-hybridized carbons (Fsp3) is 0.214. The molecule has 2 heterocycles. The van der Waals surface area contributed by atoms with Crippen LogP contribution >= 0.6 is 0 Å². The number of piperazine rings is 1.